The molecule has 5 rings (SSSR count). The third-order valence-corrected chi connectivity index (χ3v) is 8.70. The zero-order chi connectivity index (χ0) is 22.4. The van der Waals surface area contributed by atoms with Gasteiger partial charge in [-0.05, 0) is 66.4 Å². The van der Waals surface area contributed by atoms with Crippen LogP contribution in [0.5, 0.6) is 0 Å². The molecule has 0 aliphatic heterocycles. The Bertz CT molecular complexity index is 1220. The van der Waals surface area contributed by atoms with Crippen LogP contribution in [0.25, 0.3) is 0 Å². The van der Waals surface area contributed by atoms with Gasteiger partial charge in [-0.2, -0.15) is 8.42 Å². The van der Waals surface area contributed by atoms with Crippen molar-refractivity contribution in [2.75, 3.05) is 0 Å². The van der Waals surface area contributed by atoms with E-state index in [0.717, 1.165) is 0 Å². The lowest BCUT2D eigenvalue weighted by atomic mass is 10.1. The van der Waals surface area contributed by atoms with E-state index in [1.165, 1.54) is 47.3 Å². The average Bonchev–Trinajstić information content (AvgIpc) is 3.29. The number of hydrogen-bond donors (Lipinski definition) is 1. The quantitative estimate of drug-likeness (QED) is 0.349. The molecule has 1 aliphatic carbocycles. The van der Waals surface area contributed by atoms with Crippen LogP contribution >= 0.6 is 7.92 Å². The lowest BCUT2D eigenvalue weighted by Gasteiger charge is -2.20. The van der Waals surface area contributed by atoms with E-state index in [9.17, 15) is 8.42 Å². The van der Waals surface area contributed by atoms with Crippen molar-refractivity contribution < 1.29 is 13.0 Å². The molecule has 0 bridgehead atoms. The van der Waals surface area contributed by atoms with Gasteiger partial charge in [0.15, 0.2) is 0 Å². The van der Waals surface area contributed by atoms with Gasteiger partial charge in [0.05, 0.1) is 4.90 Å². The van der Waals surface area contributed by atoms with E-state index in [4.69, 9.17) is 4.55 Å². The summed E-state index contributed by atoms with van der Waals surface area (Å²) in [7, 11) is -4.46. The second-order valence-corrected chi connectivity index (χ2v) is 11.2. The van der Waals surface area contributed by atoms with Crippen molar-refractivity contribution in [1.82, 2.24) is 0 Å². The second-order valence-electron chi connectivity index (χ2n) is 7.60. The van der Waals surface area contributed by atoms with Gasteiger partial charge < -0.3 is 0 Å². The summed E-state index contributed by atoms with van der Waals surface area (Å²) in [5, 5.41) is 4.34. The fourth-order valence-corrected chi connectivity index (χ4v) is 6.74. The third-order valence-electron chi connectivity index (χ3n) is 5.41. The molecule has 162 valence electrons. The molecule has 0 atom stereocenters. The van der Waals surface area contributed by atoms with Gasteiger partial charge in [-0.1, -0.05) is 97.1 Å². The van der Waals surface area contributed by atoms with E-state index in [0.29, 0.717) is 0 Å². The normalized spacial score (nSPS) is 12.7. The Kier molecular flexibility index (Phi) is 7.16. The summed E-state index contributed by atoms with van der Waals surface area (Å²) in [6.07, 6.45) is 3.81. The molecule has 0 fully saturated rings. The molecule has 0 radical (unpaired) electrons. The van der Waals surface area contributed by atoms with Crippen molar-refractivity contribution in [3.63, 3.8) is 0 Å². The number of benzene rings is 4. The Morgan fingerprint density at radius 1 is 0.594 bits per heavy atom. The molecular formula is C27H25O3PS. The summed E-state index contributed by atoms with van der Waals surface area (Å²) in [4.78, 5) is -0.0741. The maximum Gasteiger partial charge on any atom is 0.294 e. The molecule has 1 aliphatic rings. The van der Waals surface area contributed by atoms with Gasteiger partial charge in [-0.15, -0.1) is 0 Å². The van der Waals surface area contributed by atoms with Crippen LogP contribution in [0, 0.1) is 0 Å². The van der Waals surface area contributed by atoms with Gasteiger partial charge in [0.1, 0.15) is 0 Å². The van der Waals surface area contributed by atoms with E-state index in [1.807, 2.05) is 0 Å². The van der Waals surface area contributed by atoms with Crippen molar-refractivity contribution >= 4 is 34.0 Å². The molecule has 0 amide bonds. The number of aryl methyl sites for hydroxylation is 2. The highest BCUT2D eigenvalue weighted by Gasteiger charge is 2.19. The van der Waals surface area contributed by atoms with Crippen LogP contribution in [0.2, 0.25) is 0 Å². The molecule has 4 aromatic carbocycles. The first-order valence-corrected chi connectivity index (χ1v) is 13.3. The van der Waals surface area contributed by atoms with E-state index in [-0.39, 0.29) is 4.90 Å². The molecule has 4 aromatic rings. The predicted octanol–water partition coefficient (Wildman–Crippen LogP) is 4.87. The van der Waals surface area contributed by atoms with Gasteiger partial charge in [-0.3, -0.25) is 4.55 Å². The summed E-state index contributed by atoms with van der Waals surface area (Å²) in [6, 6.07) is 36.5. The lowest BCUT2D eigenvalue weighted by molar-refractivity contribution is 0.483. The Balaban J connectivity index is 0.000000207. The molecule has 0 spiro atoms. The van der Waals surface area contributed by atoms with E-state index < -0.39 is 18.0 Å². The zero-order valence-corrected chi connectivity index (χ0v) is 19.3. The van der Waals surface area contributed by atoms with Gasteiger partial charge in [0.2, 0.25) is 0 Å². The van der Waals surface area contributed by atoms with Crippen LogP contribution < -0.4 is 15.9 Å². The maximum atomic E-state index is 10.4. The van der Waals surface area contributed by atoms with Gasteiger partial charge in [0.25, 0.3) is 10.1 Å². The monoisotopic (exact) mass is 460 g/mol. The molecule has 32 heavy (non-hydrogen) atoms. The highest BCUT2D eigenvalue weighted by molar-refractivity contribution is 7.85. The van der Waals surface area contributed by atoms with Crippen LogP contribution in [0.4, 0.5) is 0 Å². The number of rotatable bonds is 4. The zero-order valence-electron chi connectivity index (χ0n) is 17.6. The highest BCUT2D eigenvalue weighted by atomic mass is 32.2. The first-order valence-electron chi connectivity index (χ1n) is 10.6. The van der Waals surface area contributed by atoms with E-state index in [2.05, 4.69) is 78.9 Å². The molecule has 0 heterocycles. The van der Waals surface area contributed by atoms with Gasteiger partial charge in [0, 0.05) is 0 Å². The molecule has 1 N–H and O–H groups in total. The standard InChI is InChI=1S/C21H19P.C6H6O3S/c1-3-10-19(11-4-1)22(20-12-5-2-6-13-20)21-15-14-17-8-7-9-18(17)16-21;7-10(8,9)6-4-2-1-3-5-6/h1-6,10-16H,7-9H2;1-5H,(H,7,8,9). The van der Waals surface area contributed by atoms with Crippen LogP contribution in [0.3, 0.4) is 0 Å². The predicted molar refractivity (Wildman–Crippen MR) is 133 cm³/mol. The topological polar surface area (TPSA) is 54.4 Å². The molecule has 0 unspecified atom stereocenters. The molecule has 5 heteroatoms. The Morgan fingerprint density at radius 2 is 1.09 bits per heavy atom. The molecular weight excluding hydrogens is 435 g/mol. The highest BCUT2D eigenvalue weighted by Crippen LogP contribution is 2.34. The maximum absolute atomic E-state index is 10.4. The second kappa shape index (κ2) is 10.2. The molecule has 0 aromatic heterocycles. The Labute approximate surface area is 191 Å². The van der Waals surface area contributed by atoms with Gasteiger partial charge >= 0.3 is 0 Å². The fourth-order valence-electron chi connectivity index (χ4n) is 3.89. The minimum absolute atomic E-state index is 0.0741. The SMILES string of the molecule is O=S(=O)(O)c1ccccc1.c1ccc(P(c2ccccc2)c2ccc3c(c2)CCC3)cc1. The van der Waals surface area contributed by atoms with E-state index >= 15 is 0 Å². The van der Waals surface area contributed by atoms with E-state index in [1.54, 1.807) is 29.3 Å². The minimum atomic E-state index is -4.00. The van der Waals surface area contributed by atoms with Crippen molar-refractivity contribution in [3.05, 3.63) is 120 Å². The number of hydrogen-bond acceptors (Lipinski definition) is 2. The van der Waals surface area contributed by atoms with Gasteiger partial charge in [-0.25, -0.2) is 0 Å². The minimum Gasteiger partial charge on any atom is -0.282 e. The number of fused-ring (bicyclic) bond motifs is 1. The summed E-state index contributed by atoms with van der Waals surface area (Å²) in [5.41, 5.74) is 3.12. The Hall–Kier alpha value is -2.78. The fraction of sp³-hybridized carbons (Fsp3) is 0.111. The summed E-state index contributed by atoms with van der Waals surface area (Å²) < 4.78 is 29.2. The summed E-state index contributed by atoms with van der Waals surface area (Å²) in [5.74, 6) is 0. The van der Waals surface area contributed by atoms with Crippen molar-refractivity contribution in [2.24, 2.45) is 0 Å². The molecule has 0 saturated carbocycles. The summed E-state index contributed by atoms with van der Waals surface area (Å²) >= 11 is 0. The third kappa shape index (κ3) is 5.52. The van der Waals surface area contributed by atoms with Crippen molar-refractivity contribution in [3.8, 4) is 0 Å². The van der Waals surface area contributed by atoms with Crippen LogP contribution in [0.1, 0.15) is 17.5 Å². The van der Waals surface area contributed by atoms with Crippen molar-refractivity contribution in [1.29, 1.82) is 0 Å². The average molecular weight is 461 g/mol. The van der Waals surface area contributed by atoms with Crippen LogP contribution in [-0.2, 0) is 23.0 Å². The Morgan fingerprint density at radius 3 is 1.59 bits per heavy atom. The first-order chi connectivity index (χ1) is 15.5. The van der Waals surface area contributed by atoms with Crippen LogP contribution in [-0.4, -0.2) is 13.0 Å². The summed E-state index contributed by atoms with van der Waals surface area (Å²) in [6.45, 7) is 0. The lowest BCUT2D eigenvalue weighted by Crippen LogP contribution is -2.20. The van der Waals surface area contributed by atoms with Crippen LogP contribution in [0.15, 0.2) is 114 Å². The molecule has 3 nitrogen and oxygen atoms in total. The largest absolute Gasteiger partial charge is 0.294 e. The first kappa shape index (κ1) is 22.4. The molecule has 0 saturated heterocycles. The smallest absolute Gasteiger partial charge is 0.282 e. The van der Waals surface area contributed by atoms with Crippen molar-refractivity contribution in [2.45, 2.75) is 24.2 Å².